The third-order valence-electron chi connectivity index (χ3n) is 3.17. The first-order valence-electron chi connectivity index (χ1n) is 6.68. The Morgan fingerprint density at radius 2 is 1.95 bits per heavy atom. The lowest BCUT2D eigenvalue weighted by Crippen LogP contribution is -2.46. The molecule has 1 saturated heterocycles. The Balaban J connectivity index is 2.30. The van der Waals surface area contributed by atoms with Crippen LogP contribution >= 0.6 is 0 Å². The average Bonchev–Trinajstić information content (AvgIpc) is 2.88. The van der Waals surface area contributed by atoms with Crippen LogP contribution in [-0.2, 0) is 9.59 Å². The first-order valence-corrected chi connectivity index (χ1v) is 6.68. The van der Waals surface area contributed by atoms with E-state index in [1.807, 2.05) is 0 Å². The number of aliphatic hydroxyl groups is 1. The quantitative estimate of drug-likeness (QED) is 0.485. The molecule has 0 aromatic rings. The molecule has 1 heterocycles. The van der Waals surface area contributed by atoms with Gasteiger partial charge in [0.25, 0.3) is 0 Å². The lowest BCUT2D eigenvalue weighted by molar-refractivity contribution is -0.137. The Bertz CT molecular complexity index is 361. The smallest absolute Gasteiger partial charge is 0.322 e. The van der Waals surface area contributed by atoms with Crippen molar-refractivity contribution in [1.82, 2.24) is 15.5 Å². The third kappa shape index (κ3) is 5.43. The summed E-state index contributed by atoms with van der Waals surface area (Å²) in [5.74, 6) is -1.67. The highest BCUT2D eigenvalue weighted by Gasteiger charge is 2.28. The van der Waals surface area contributed by atoms with Gasteiger partial charge in [-0.05, 0) is 25.7 Å². The molecule has 0 spiro atoms. The van der Waals surface area contributed by atoms with Gasteiger partial charge in [-0.3, -0.25) is 9.59 Å². The average molecular weight is 287 g/mol. The Labute approximate surface area is 117 Å². The van der Waals surface area contributed by atoms with Gasteiger partial charge in [0.1, 0.15) is 6.54 Å². The summed E-state index contributed by atoms with van der Waals surface area (Å²) < 4.78 is 0. The zero-order valence-electron chi connectivity index (χ0n) is 11.3. The minimum Gasteiger partial charge on any atom is -0.480 e. The third-order valence-corrected chi connectivity index (χ3v) is 3.17. The molecule has 0 bridgehead atoms. The number of aliphatic hydroxyl groups excluding tert-OH is 1. The van der Waals surface area contributed by atoms with E-state index >= 15 is 0 Å². The van der Waals surface area contributed by atoms with Gasteiger partial charge in [-0.25, -0.2) is 4.79 Å². The molecule has 1 aliphatic rings. The van der Waals surface area contributed by atoms with E-state index in [-0.39, 0.29) is 25.2 Å². The van der Waals surface area contributed by atoms with E-state index in [9.17, 15) is 14.4 Å². The second-order valence-electron chi connectivity index (χ2n) is 4.68. The number of aliphatic carboxylic acids is 1. The number of likely N-dealkylation sites (tertiary alicyclic amines) is 1. The minimum absolute atomic E-state index is 0.101. The fourth-order valence-electron chi connectivity index (χ4n) is 2.22. The summed E-state index contributed by atoms with van der Waals surface area (Å²) in [6.07, 6.45) is 3.20. The lowest BCUT2D eigenvalue weighted by atomic mass is 10.1. The summed E-state index contributed by atoms with van der Waals surface area (Å²) >= 11 is 0. The molecular weight excluding hydrogens is 266 g/mol. The SMILES string of the molecule is O=C(O)CNC(=O)CNC(=O)N1CCCC1CCCO. The number of carbonyl (C=O) groups is 3. The molecule has 4 N–H and O–H groups in total. The van der Waals surface area contributed by atoms with Gasteiger partial charge < -0.3 is 25.7 Å². The molecule has 1 fully saturated rings. The molecular formula is C12H21N3O5. The van der Waals surface area contributed by atoms with Crippen LogP contribution in [0.5, 0.6) is 0 Å². The van der Waals surface area contributed by atoms with Crippen molar-refractivity contribution in [3.05, 3.63) is 0 Å². The molecule has 0 aromatic carbocycles. The van der Waals surface area contributed by atoms with Crippen molar-refractivity contribution in [2.24, 2.45) is 0 Å². The number of hydrogen-bond acceptors (Lipinski definition) is 4. The molecule has 0 radical (unpaired) electrons. The summed E-state index contributed by atoms with van der Waals surface area (Å²) in [6, 6.07) is -0.222. The Morgan fingerprint density at radius 1 is 1.20 bits per heavy atom. The fourth-order valence-corrected chi connectivity index (χ4v) is 2.22. The van der Waals surface area contributed by atoms with Crippen LogP contribution in [0.2, 0.25) is 0 Å². The summed E-state index contributed by atoms with van der Waals surface area (Å²) in [5, 5.41) is 21.9. The molecule has 1 rings (SSSR count). The maximum Gasteiger partial charge on any atom is 0.322 e. The van der Waals surface area contributed by atoms with Gasteiger partial charge in [-0.15, -0.1) is 0 Å². The van der Waals surface area contributed by atoms with Crippen LogP contribution in [0.15, 0.2) is 0 Å². The molecule has 0 saturated carbocycles. The Hall–Kier alpha value is -1.83. The van der Waals surface area contributed by atoms with Crippen molar-refractivity contribution in [3.63, 3.8) is 0 Å². The van der Waals surface area contributed by atoms with Crippen molar-refractivity contribution < 1.29 is 24.6 Å². The van der Waals surface area contributed by atoms with Gasteiger partial charge in [-0.2, -0.15) is 0 Å². The summed E-state index contributed by atoms with van der Waals surface area (Å²) in [4.78, 5) is 35.1. The molecule has 114 valence electrons. The van der Waals surface area contributed by atoms with Crippen LogP contribution in [0.25, 0.3) is 0 Å². The number of carboxylic acid groups (broad SMARTS) is 1. The van der Waals surface area contributed by atoms with E-state index in [0.717, 1.165) is 19.3 Å². The van der Waals surface area contributed by atoms with Crippen LogP contribution in [0.1, 0.15) is 25.7 Å². The molecule has 1 aliphatic heterocycles. The number of nitrogens with zero attached hydrogens (tertiary/aromatic N) is 1. The molecule has 8 nitrogen and oxygen atoms in total. The van der Waals surface area contributed by atoms with Crippen LogP contribution < -0.4 is 10.6 Å². The van der Waals surface area contributed by atoms with Gasteiger partial charge in [-0.1, -0.05) is 0 Å². The van der Waals surface area contributed by atoms with Crippen LogP contribution in [0.4, 0.5) is 4.79 Å². The molecule has 1 atom stereocenters. The van der Waals surface area contributed by atoms with Crippen LogP contribution in [-0.4, -0.2) is 65.3 Å². The fraction of sp³-hybridized carbons (Fsp3) is 0.750. The van der Waals surface area contributed by atoms with Gasteiger partial charge in [0.05, 0.1) is 6.54 Å². The first kappa shape index (κ1) is 16.2. The van der Waals surface area contributed by atoms with Crippen molar-refractivity contribution in [2.75, 3.05) is 26.2 Å². The standard InChI is InChI=1S/C12H21N3O5/c16-6-2-4-9-3-1-5-15(9)12(20)14-7-10(17)13-8-11(18)19/h9,16H,1-8H2,(H,13,17)(H,14,20)(H,18,19). The number of carbonyl (C=O) groups excluding carboxylic acids is 2. The van der Waals surface area contributed by atoms with Gasteiger partial charge >= 0.3 is 12.0 Å². The second-order valence-corrected chi connectivity index (χ2v) is 4.68. The highest BCUT2D eigenvalue weighted by Crippen LogP contribution is 2.20. The predicted octanol–water partition coefficient (Wildman–Crippen LogP) is -0.866. The molecule has 0 aliphatic carbocycles. The van der Waals surface area contributed by atoms with E-state index in [1.165, 1.54) is 0 Å². The van der Waals surface area contributed by atoms with Crippen molar-refractivity contribution >= 4 is 17.9 Å². The normalized spacial score (nSPS) is 17.9. The van der Waals surface area contributed by atoms with E-state index in [0.29, 0.717) is 13.0 Å². The van der Waals surface area contributed by atoms with Crippen molar-refractivity contribution in [1.29, 1.82) is 0 Å². The molecule has 20 heavy (non-hydrogen) atoms. The minimum atomic E-state index is -1.13. The number of rotatable bonds is 7. The maximum atomic E-state index is 11.9. The molecule has 0 aromatic heterocycles. The zero-order chi connectivity index (χ0) is 15.0. The predicted molar refractivity (Wildman–Crippen MR) is 70.1 cm³/mol. The van der Waals surface area contributed by atoms with Gasteiger partial charge in [0.15, 0.2) is 0 Å². The van der Waals surface area contributed by atoms with Crippen LogP contribution in [0.3, 0.4) is 0 Å². The van der Waals surface area contributed by atoms with Crippen molar-refractivity contribution in [3.8, 4) is 0 Å². The second kappa shape index (κ2) is 8.36. The van der Waals surface area contributed by atoms with E-state index in [4.69, 9.17) is 10.2 Å². The van der Waals surface area contributed by atoms with Crippen molar-refractivity contribution in [2.45, 2.75) is 31.7 Å². The van der Waals surface area contributed by atoms with E-state index < -0.39 is 18.4 Å². The maximum absolute atomic E-state index is 11.9. The molecule has 8 heteroatoms. The Morgan fingerprint density at radius 3 is 2.60 bits per heavy atom. The number of urea groups is 1. The highest BCUT2D eigenvalue weighted by atomic mass is 16.4. The van der Waals surface area contributed by atoms with Gasteiger partial charge in [0, 0.05) is 19.2 Å². The molecule has 3 amide bonds. The first-order chi connectivity index (χ1) is 9.54. The molecule has 1 unspecified atom stereocenters. The zero-order valence-corrected chi connectivity index (χ0v) is 11.3. The summed E-state index contributed by atoms with van der Waals surface area (Å²) in [5.41, 5.74) is 0. The summed E-state index contributed by atoms with van der Waals surface area (Å²) in [7, 11) is 0. The number of amides is 3. The number of carboxylic acids is 1. The Kier molecular flexibility index (Phi) is 6.78. The highest BCUT2D eigenvalue weighted by molar-refractivity contribution is 5.86. The summed E-state index contributed by atoms with van der Waals surface area (Å²) in [6.45, 7) is 0.0368. The lowest BCUT2D eigenvalue weighted by Gasteiger charge is -2.24. The number of nitrogens with one attached hydrogen (secondary N) is 2. The topological polar surface area (TPSA) is 119 Å². The van der Waals surface area contributed by atoms with Crippen LogP contribution in [0, 0.1) is 0 Å². The monoisotopic (exact) mass is 287 g/mol. The van der Waals surface area contributed by atoms with Gasteiger partial charge in [0.2, 0.25) is 5.91 Å². The largest absolute Gasteiger partial charge is 0.480 e. The van der Waals surface area contributed by atoms with E-state index in [1.54, 1.807) is 4.90 Å². The van der Waals surface area contributed by atoms with E-state index in [2.05, 4.69) is 10.6 Å². The number of hydrogen-bond donors (Lipinski definition) is 4.